The summed E-state index contributed by atoms with van der Waals surface area (Å²) >= 11 is 0. The third kappa shape index (κ3) is 5.63. The van der Waals surface area contributed by atoms with Gasteiger partial charge in [0.25, 0.3) is 0 Å². The van der Waals surface area contributed by atoms with Gasteiger partial charge in [0.15, 0.2) is 5.82 Å². The van der Waals surface area contributed by atoms with Crippen LogP contribution in [0.25, 0.3) is 0 Å². The first-order chi connectivity index (χ1) is 20.4. The molecule has 4 aromatic rings. The zero-order valence-electron chi connectivity index (χ0n) is 24.5. The van der Waals surface area contributed by atoms with Crippen LogP contribution in [0.15, 0.2) is 67.0 Å². The van der Waals surface area contributed by atoms with E-state index >= 15 is 0 Å². The number of nitrogens with zero attached hydrogens (tertiary/aromatic N) is 7. The molecule has 0 spiro atoms. The lowest BCUT2D eigenvalue weighted by Gasteiger charge is -2.36. The van der Waals surface area contributed by atoms with Gasteiger partial charge in [-0.05, 0) is 61.9 Å². The second-order valence-corrected chi connectivity index (χ2v) is 10.9. The van der Waals surface area contributed by atoms with Crippen LogP contribution < -0.4 is 19.9 Å². The van der Waals surface area contributed by atoms with Gasteiger partial charge in [0.2, 0.25) is 5.95 Å². The van der Waals surface area contributed by atoms with Crippen molar-refractivity contribution in [2.45, 2.75) is 26.9 Å². The first kappa shape index (κ1) is 27.6. The predicted molar refractivity (Wildman–Crippen MR) is 165 cm³/mol. The number of urea groups is 1. The lowest BCUT2D eigenvalue weighted by Crippen LogP contribution is -2.46. The number of ether oxygens (including phenoxy) is 1. The number of carbonyl (C=O) groups is 1. The molecular formula is C32H36N8O2. The highest BCUT2D eigenvalue weighted by Crippen LogP contribution is 2.38. The molecule has 2 amide bonds. The molecule has 1 saturated heterocycles. The molecule has 2 aliphatic heterocycles. The second-order valence-electron chi connectivity index (χ2n) is 10.9. The highest BCUT2D eigenvalue weighted by molar-refractivity contribution is 6.10. The van der Waals surface area contributed by atoms with E-state index in [0.717, 1.165) is 60.8 Å². The lowest BCUT2D eigenvalue weighted by molar-refractivity contribution is 0.148. The van der Waals surface area contributed by atoms with E-state index < -0.39 is 0 Å². The summed E-state index contributed by atoms with van der Waals surface area (Å²) in [6.07, 6.45) is 3.39. The number of aromatic nitrogens is 3. The van der Waals surface area contributed by atoms with Crippen molar-refractivity contribution in [1.29, 1.82) is 0 Å². The zero-order chi connectivity index (χ0) is 29.2. The van der Waals surface area contributed by atoms with Gasteiger partial charge in [-0.25, -0.2) is 19.7 Å². The average Bonchev–Trinajstić information content (AvgIpc) is 3.00. The molecule has 2 aromatic carbocycles. The highest BCUT2D eigenvalue weighted by atomic mass is 16.5. The SMILES string of the molecule is COc1ccc(N2C(=O)N(c3c(C)cccc3C)Cc3cnc(Nc4ccc(CN5CCN(C)CC5)cc4)nc32)nc1. The minimum Gasteiger partial charge on any atom is -0.495 e. The van der Waals surface area contributed by atoms with Crippen LogP contribution in [0.3, 0.4) is 0 Å². The Morgan fingerprint density at radius 1 is 0.905 bits per heavy atom. The van der Waals surface area contributed by atoms with Crippen LogP contribution in [-0.4, -0.2) is 71.1 Å². The molecule has 6 rings (SSSR count). The quantitative estimate of drug-likeness (QED) is 0.325. The summed E-state index contributed by atoms with van der Waals surface area (Å²) in [5.74, 6) is 1.98. The molecule has 2 aromatic heterocycles. The maximum absolute atomic E-state index is 14.1. The van der Waals surface area contributed by atoms with Crippen LogP contribution in [0.2, 0.25) is 0 Å². The molecule has 0 aliphatic carbocycles. The Morgan fingerprint density at radius 2 is 1.64 bits per heavy atom. The molecule has 10 heteroatoms. The van der Waals surface area contributed by atoms with E-state index in [1.807, 2.05) is 44.2 Å². The third-order valence-corrected chi connectivity index (χ3v) is 7.91. The summed E-state index contributed by atoms with van der Waals surface area (Å²) in [5, 5.41) is 3.32. The first-order valence-corrected chi connectivity index (χ1v) is 14.2. The number of likely N-dealkylation sites (N-methyl/N-ethyl adjacent to an activating group) is 1. The molecule has 4 heterocycles. The van der Waals surface area contributed by atoms with Crippen LogP contribution in [0.1, 0.15) is 22.3 Å². The van der Waals surface area contributed by atoms with Crippen molar-refractivity contribution < 1.29 is 9.53 Å². The van der Waals surface area contributed by atoms with Crippen molar-refractivity contribution in [2.24, 2.45) is 0 Å². The highest BCUT2D eigenvalue weighted by Gasteiger charge is 2.36. The van der Waals surface area contributed by atoms with Crippen LogP contribution in [0.5, 0.6) is 5.75 Å². The predicted octanol–water partition coefficient (Wildman–Crippen LogP) is 5.27. The van der Waals surface area contributed by atoms with E-state index in [2.05, 4.69) is 44.3 Å². The maximum atomic E-state index is 14.1. The standard InChI is InChI=1S/C32H36N8O2/c1-22-6-5-7-23(2)29(22)39-21-25-18-34-31(36-30(25)40(32(39)41)28-13-12-27(42-4)19-33-28)35-26-10-8-24(9-11-26)20-38-16-14-37(3)15-17-38/h5-13,18-19H,14-17,20-21H2,1-4H3,(H,34,35,36). The van der Waals surface area contributed by atoms with Gasteiger partial charge in [-0.3, -0.25) is 9.80 Å². The van der Waals surface area contributed by atoms with Gasteiger partial charge < -0.3 is 15.0 Å². The Morgan fingerprint density at radius 3 is 2.31 bits per heavy atom. The number of fused-ring (bicyclic) bond motifs is 1. The number of carbonyl (C=O) groups excluding carboxylic acids is 1. The third-order valence-electron chi connectivity index (χ3n) is 7.91. The fourth-order valence-electron chi connectivity index (χ4n) is 5.54. The molecular weight excluding hydrogens is 528 g/mol. The monoisotopic (exact) mass is 564 g/mol. The van der Waals surface area contributed by atoms with Gasteiger partial charge in [-0.1, -0.05) is 30.3 Å². The smallest absolute Gasteiger partial charge is 0.336 e. The van der Waals surface area contributed by atoms with Crippen LogP contribution in [-0.2, 0) is 13.1 Å². The van der Waals surface area contributed by atoms with Gasteiger partial charge in [0.05, 0.1) is 25.5 Å². The van der Waals surface area contributed by atoms with Crippen LogP contribution in [0.4, 0.5) is 33.8 Å². The zero-order valence-corrected chi connectivity index (χ0v) is 24.5. The number of amides is 2. The minimum absolute atomic E-state index is 0.226. The Hall–Kier alpha value is -4.54. The molecule has 0 bridgehead atoms. The molecule has 0 radical (unpaired) electrons. The first-order valence-electron chi connectivity index (χ1n) is 14.2. The Kier molecular flexibility index (Phi) is 7.73. The van der Waals surface area contributed by atoms with Crippen molar-refractivity contribution in [3.8, 4) is 5.75 Å². The number of para-hydroxylation sites is 1. The van der Waals surface area contributed by atoms with Crippen molar-refractivity contribution in [3.05, 3.63) is 89.2 Å². The molecule has 1 fully saturated rings. The summed E-state index contributed by atoms with van der Waals surface area (Å²) < 4.78 is 5.30. The molecule has 0 atom stereocenters. The molecule has 1 N–H and O–H groups in total. The number of anilines is 5. The topological polar surface area (TPSA) is 90.0 Å². The molecule has 42 heavy (non-hydrogen) atoms. The summed E-state index contributed by atoms with van der Waals surface area (Å²) in [5.41, 5.74) is 5.89. The molecule has 0 saturated carbocycles. The maximum Gasteiger partial charge on any atom is 0.336 e. The Labute approximate surface area is 246 Å². The van der Waals surface area contributed by atoms with E-state index in [4.69, 9.17) is 9.72 Å². The van der Waals surface area contributed by atoms with E-state index in [1.54, 1.807) is 41.4 Å². The number of rotatable bonds is 7. The van der Waals surface area contributed by atoms with E-state index in [-0.39, 0.29) is 6.03 Å². The van der Waals surface area contributed by atoms with Crippen molar-refractivity contribution in [2.75, 3.05) is 55.5 Å². The van der Waals surface area contributed by atoms with Crippen molar-refractivity contribution in [3.63, 3.8) is 0 Å². The number of pyridine rings is 1. The Bertz CT molecular complexity index is 1550. The Balaban J connectivity index is 1.28. The number of piperazine rings is 1. The van der Waals surface area contributed by atoms with Gasteiger partial charge in [0.1, 0.15) is 11.6 Å². The van der Waals surface area contributed by atoms with E-state index in [9.17, 15) is 4.79 Å². The fourth-order valence-corrected chi connectivity index (χ4v) is 5.54. The van der Waals surface area contributed by atoms with Crippen molar-refractivity contribution >= 4 is 35.0 Å². The summed E-state index contributed by atoms with van der Waals surface area (Å²) in [7, 11) is 3.76. The number of benzene rings is 2. The van der Waals surface area contributed by atoms with Crippen LogP contribution >= 0.6 is 0 Å². The number of hydrogen-bond donors (Lipinski definition) is 1. The summed E-state index contributed by atoms with van der Waals surface area (Å²) in [6, 6.07) is 17.7. The van der Waals surface area contributed by atoms with Gasteiger partial charge >= 0.3 is 6.03 Å². The molecule has 216 valence electrons. The molecule has 0 unspecified atom stereocenters. The molecule has 10 nitrogen and oxygen atoms in total. The molecule has 2 aliphatic rings. The number of nitrogens with one attached hydrogen (secondary N) is 1. The lowest BCUT2D eigenvalue weighted by atomic mass is 10.1. The van der Waals surface area contributed by atoms with Crippen molar-refractivity contribution in [1.82, 2.24) is 24.8 Å². The van der Waals surface area contributed by atoms with E-state index in [0.29, 0.717) is 29.9 Å². The van der Waals surface area contributed by atoms with Gasteiger partial charge in [-0.2, -0.15) is 4.98 Å². The second kappa shape index (κ2) is 11.8. The van der Waals surface area contributed by atoms with Gasteiger partial charge in [-0.15, -0.1) is 0 Å². The van der Waals surface area contributed by atoms with Crippen LogP contribution in [0, 0.1) is 13.8 Å². The number of hydrogen-bond acceptors (Lipinski definition) is 8. The normalized spacial score (nSPS) is 16.0. The van der Waals surface area contributed by atoms with Gasteiger partial charge in [0, 0.05) is 50.2 Å². The summed E-state index contributed by atoms with van der Waals surface area (Å²) in [6.45, 7) is 9.69. The van der Waals surface area contributed by atoms with E-state index in [1.165, 1.54) is 5.56 Å². The summed E-state index contributed by atoms with van der Waals surface area (Å²) in [4.78, 5) is 36.3. The average molecular weight is 565 g/mol. The largest absolute Gasteiger partial charge is 0.495 e. The fraction of sp³-hybridized carbons (Fsp3) is 0.312. The minimum atomic E-state index is -0.226. The number of aryl methyl sites for hydroxylation is 2. The number of methoxy groups -OCH3 is 1.